The van der Waals surface area contributed by atoms with E-state index in [-0.39, 0.29) is 11.5 Å². The number of carbonyl (C=O) groups is 2. The number of aryl methyl sites for hydroxylation is 1. The van der Waals surface area contributed by atoms with Crippen molar-refractivity contribution in [1.82, 2.24) is 10.6 Å². The summed E-state index contributed by atoms with van der Waals surface area (Å²) >= 11 is 1.21. The fraction of sp³-hybridized carbons (Fsp3) is 0.294. The van der Waals surface area contributed by atoms with Crippen molar-refractivity contribution in [3.05, 3.63) is 52.2 Å². The van der Waals surface area contributed by atoms with Gasteiger partial charge in [0.1, 0.15) is 5.82 Å². The van der Waals surface area contributed by atoms with Crippen LogP contribution in [0.15, 0.2) is 30.3 Å². The van der Waals surface area contributed by atoms with Crippen molar-refractivity contribution in [2.45, 2.75) is 13.3 Å². The lowest BCUT2D eigenvalue weighted by atomic mass is 10.2. The van der Waals surface area contributed by atoms with Gasteiger partial charge in [0, 0.05) is 12.1 Å². The predicted octanol–water partition coefficient (Wildman–Crippen LogP) is 2.79. The van der Waals surface area contributed by atoms with Crippen molar-refractivity contribution in [2.24, 2.45) is 0 Å². The second-order valence-electron chi connectivity index (χ2n) is 5.30. The summed E-state index contributed by atoms with van der Waals surface area (Å²) in [7, 11) is 1.86. The smallest absolute Gasteiger partial charge is 0.261 e. The summed E-state index contributed by atoms with van der Waals surface area (Å²) in [5.74, 6) is -1.02. The fourth-order valence-electron chi connectivity index (χ4n) is 2.13. The van der Waals surface area contributed by atoms with E-state index in [1.54, 1.807) is 6.07 Å². The quantitative estimate of drug-likeness (QED) is 0.673. The van der Waals surface area contributed by atoms with Gasteiger partial charge in [-0.05, 0) is 56.8 Å². The molecule has 2 aromatic rings. The van der Waals surface area contributed by atoms with Crippen LogP contribution in [0.3, 0.4) is 0 Å². The molecular formula is C17H20FN3O2S. The minimum absolute atomic E-state index is 0.153. The lowest BCUT2D eigenvalue weighted by Gasteiger charge is -2.04. The SMILES string of the molecule is CNCCCNC(=O)c1sc(NC(=O)c2cccc(F)c2)cc1C. The van der Waals surface area contributed by atoms with Gasteiger partial charge < -0.3 is 16.0 Å². The van der Waals surface area contributed by atoms with Gasteiger partial charge in [0.05, 0.1) is 9.88 Å². The molecule has 0 unspecified atom stereocenters. The topological polar surface area (TPSA) is 70.2 Å². The first-order valence-corrected chi connectivity index (χ1v) is 8.43. The van der Waals surface area contributed by atoms with Gasteiger partial charge in [0.2, 0.25) is 0 Å². The zero-order valence-electron chi connectivity index (χ0n) is 13.6. The molecule has 0 saturated heterocycles. The number of rotatable bonds is 7. The van der Waals surface area contributed by atoms with Crippen molar-refractivity contribution in [2.75, 3.05) is 25.5 Å². The Morgan fingerprint density at radius 2 is 1.96 bits per heavy atom. The van der Waals surface area contributed by atoms with Crippen LogP contribution in [0.4, 0.5) is 9.39 Å². The molecule has 5 nitrogen and oxygen atoms in total. The van der Waals surface area contributed by atoms with Crippen molar-refractivity contribution < 1.29 is 14.0 Å². The zero-order chi connectivity index (χ0) is 17.5. The molecular weight excluding hydrogens is 329 g/mol. The van der Waals surface area contributed by atoms with Gasteiger partial charge in [0.15, 0.2) is 0 Å². The molecule has 3 N–H and O–H groups in total. The number of hydrogen-bond acceptors (Lipinski definition) is 4. The number of anilines is 1. The molecule has 0 spiro atoms. The summed E-state index contributed by atoms with van der Waals surface area (Å²) in [4.78, 5) is 24.8. The van der Waals surface area contributed by atoms with Crippen LogP contribution in [0, 0.1) is 12.7 Å². The van der Waals surface area contributed by atoms with Gasteiger partial charge in [-0.25, -0.2) is 4.39 Å². The van der Waals surface area contributed by atoms with E-state index in [0.717, 1.165) is 18.5 Å². The Labute approximate surface area is 144 Å². The number of amides is 2. The molecule has 0 bridgehead atoms. The van der Waals surface area contributed by atoms with E-state index in [2.05, 4.69) is 16.0 Å². The Kier molecular flexibility index (Phi) is 6.45. The van der Waals surface area contributed by atoms with E-state index in [1.165, 1.54) is 35.6 Å². The molecule has 0 saturated carbocycles. The van der Waals surface area contributed by atoms with E-state index < -0.39 is 11.7 Å². The molecule has 7 heteroatoms. The molecule has 2 amide bonds. The highest BCUT2D eigenvalue weighted by Gasteiger charge is 2.15. The average molecular weight is 349 g/mol. The number of nitrogens with one attached hydrogen (secondary N) is 3. The Bertz CT molecular complexity index is 730. The maximum absolute atomic E-state index is 13.2. The monoisotopic (exact) mass is 349 g/mol. The van der Waals surface area contributed by atoms with Gasteiger partial charge in [-0.1, -0.05) is 6.07 Å². The largest absolute Gasteiger partial charge is 0.351 e. The minimum Gasteiger partial charge on any atom is -0.351 e. The van der Waals surface area contributed by atoms with Gasteiger partial charge in [-0.15, -0.1) is 11.3 Å². The minimum atomic E-state index is -0.466. The summed E-state index contributed by atoms with van der Waals surface area (Å²) in [6, 6.07) is 7.21. The van der Waals surface area contributed by atoms with Gasteiger partial charge in [-0.3, -0.25) is 9.59 Å². The van der Waals surface area contributed by atoms with E-state index in [1.807, 2.05) is 14.0 Å². The number of thiophene rings is 1. The molecule has 2 rings (SSSR count). The van der Waals surface area contributed by atoms with E-state index in [4.69, 9.17) is 0 Å². The first kappa shape index (κ1) is 18.1. The molecule has 0 aliphatic heterocycles. The van der Waals surface area contributed by atoms with Crippen LogP contribution in [0.25, 0.3) is 0 Å². The van der Waals surface area contributed by atoms with Crippen molar-refractivity contribution in [3.63, 3.8) is 0 Å². The van der Waals surface area contributed by atoms with Gasteiger partial charge in [0.25, 0.3) is 11.8 Å². The molecule has 24 heavy (non-hydrogen) atoms. The van der Waals surface area contributed by atoms with Crippen LogP contribution < -0.4 is 16.0 Å². The van der Waals surface area contributed by atoms with E-state index in [0.29, 0.717) is 16.4 Å². The third-order valence-corrected chi connectivity index (χ3v) is 4.49. The number of benzene rings is 1. The molecule has 0 aliphatic rings. The first-order valence-electron chi connectivity index (χ1n) is 7.61. The highest BCUT2D eigenvalue weighted by atomic mass is 32.1. The van der Waals surface area contributed by atoms with Gasteiger partial charge in [-0.2, -0.15) is 0 Å². The molecule has 1 aromatic carbocycles. The third kappa shape index (κ3) is 4.87. The molecule has 0 radical (unpaired) electrons. The Hall–Kier alpha value is -2.25. The van der Waals surface area contributed by atoms with Crippen molar-refractivity contribution in [3.8, 4) is 0 Å². The van der Waals surface area contributed by atoms with E-state index in [9.17, 15) is 14.0 Å². The van der Waals surface area contributed by atoms with Crippen LogP contribution in [-0.2, 0) is 0 Å². The predicted molar refractivity (Wildman–Crippen MR) is 94.3 cm³/mol. The normalized spacial score (nSPS) is 10.5. The number of halogens is 1. The highest BCUT2D eigenvalue weighted by Crippen LogP contribution is 2.27. The number of hydrogen-bond donors (Lipinski definition) is 3. The van der Waals surface area contributed by atoms with Gasteiger partial charge >= 0.3 is 0 Å². The zero-order valence-corrected chi connectivity index (χ0v) is 14.4. The summed E-state index contributed by atoms with van der Waals surface area (Å²) in [6.07, 6.45) is 0.843. The summed E-state index contributed by atoms with van der Waals surface area (Å²) < 4.78 is 13.2. The number of carbonyl (C=O) groups excluding carboxylic acids is 2. The van der Waals surface area contributed by atoms with Crippen LogP contribution in [0.2, 0.25) is 0 Å². The Morgan fingerprint density at radius 3 is 2.67 bits per heavy atom. The molecule has 0 atom stereocenters. The fourth-order valence-corrected chi connectivity index (χ4v) is 3.11. The van der Waals surface area contributed by atoms with Crippen LogP contribution in [0.5, 0.6) is 0 Å². The Balaban J connectivity index is 2.00. The van der Waals surface area contributed by atoms with E-state index >= 15 is 0 Å². The summed E-state index contributed by atoms with van der Waals surface area (Å²) in [6.45, 7) is 3.23. The maximum atomic E-state index is 13.2. The molecule has 1 aromatic heterocycles. The summed E-state index contributed by atoms with van der Waals surface area (Å²) in [5.41, 5.74) is 1.03. The lowest BCUT2D eigenvalue weighted by Crippen LogP contribution is -2.26. The second kappa shape index (κ2) is 8.56. The van der Waals surface area contributed by atoms with Crippen molar-refractivity contribution in [1.29, 1.82) is 0 Å². The van der Waals surface area contributed by atoms with Crippen LogP contribution in [-0.4, -0.2) is 32.0 Å². The molecule has 1 heterocycles. The summed E-state index contributed by atoms with van der Waals surface area (Å²) in [5, 5.41) is 9.12. The Morgan fingerprint density at radius 1 is 1.17 bits per heavy atom. The molecule has 0 fully saturated rings. The van der Waals surface area contributed by atoms with Crippen molar-refractivity contribution >= 4 is 28.2 Å². The second-order valence-corrected chi connectivity index (χ2v) is 6.35. The standard InChI is InChI=1S/C17H20FN3O2S/c1-11-9-14(21-16(22)12-5-3-6-13(18)10-12)24-15(11)17(23)20-8-4-7-19-2/h3,5-6,9-10,19H,4,7-8H2,1-2H3,(H,20,23)(H,21,22). The van der Waals surface area contributed by atoms with Crippen LogP contribution in [0.1, 0.15) is 32.0 Å². The highest BCUT2D eigenvalue weighted by molar-refractivity contribution is 7.18. The molecule has 128 valence electrons. The maximum Gasteiger partial charge on any atom is 0.261 e. The third-order valence-electron chi connectivity index (χ3n) is 3.34. The average Bonchev–Trinajstić information content (AvgIpc) is 2.92. The lowest BCUT2D eigenvalue weighted by molar-refractivity contribution is 0.0955. The first-order chi connectivity index (χ1) is 11.5. The molecule has 0 aliphatic carbocycles. The van der Waals surface area contributed by atoms with Crippen LogP contribution >= 0.6 is 11.3 Å².